The molecule has 0 aliphatic carbocycles. The second kappa shape index (κ2) is 7.63. The lowest BCUT2D eigenvalue weighted by atomic mass is 9.99. The summed E-state index contributed by atoms with van der Waals surface area (Å²) >= 11 is 0. The Bertz CT molecular complexity index is 317. The monoisotopic (exact) mass is 246 g/mol. The highest BCUT2D eigenvalue weighted by molar-refractivity contribution is 7.86. The second-order valence-corrected chi connectivity index (χ2v) is 5.85. The fraction of sp³-hybridized carbons (Fsp3) is 0.667. The van der Waals surface area contributed by atoms with E-state index in [1.54, 1.807) is 6.08 Å². The molecule has 0 rings (SSSR count). The molecular formula is C12H22O3S. The van der Waals surface area contributed by atoms with Crippen LogP contribution in [-0.2, 0) is 10.1 Å². The Balaban J connectivity index is 4.38. The van der Waals surface area contributed by atoms with Gasteiger partial charge in [0.2, 0.25) is 0 Å². The second-order valence-electron chi connectivity index (χ2n) is 4.15. The zero-order valence-electron chi connectivity index (χ0n) is 10.1. The summed E-state index contributed by atoms with van der Waals surface area (Å²) in [6, 6.07) is 0. The van der Waals surface area contributed by atoms with E-state index >= 15 is 0 Å². The van der Waals surface area contributed by atoms with Crippen molar-refractivity contribution < 1.29 is 13.0 Å². The third-order valence-corrected chi connectivity index (χ3v) is 3.82. The summed E-state index contributed by atoms with van der Waals surface area (Å²) in [6.45, 7) is 7.48. The molecule has 2 atom stereocenters. The third-order valence-electron chi connectivity index (χ3n) is 2.55. The first-order valence-electron chi connectivity index (χ1n) is 5.60. The van der Waals surface area contributed by atoms with Crippen LogP contribution in [0.1, 0.15) is 39.5 Å². The number of rotatable bonds is 8. The predicted octanol–water partition coefficient (Wildman–Crippen LogP) is 3.20. The number of allylic oxidation sites excluding steroid dienone is 3. The van der Waals surface area contributed by atoms with E-state index in [1.807, 2.05) is 26.0 Å². The van der Waals surface area contributed by atoms with Crippen LogP contribution in [0.5, 0.6) is 0 Å². The van der Waals surface area contributed by atoms with Gasteiger partial charge in [0.15, 0.2) is 0 Å². The van der Waals surface area contributed by atoms with Crippen molar-refractivity contribution in [2.75, 3.05) is 0 Å². The Labute approximate surface area is 99.0 Å². The van der Waals surface area contributed by atoms with Crippen molar-refractivity contribution in [2.24, 2.45) is 5.92 Å². The van der Waals surface area contributed by atoms with Gasteiger partial charge in [-0.2, -0.15) is 8.42 Å². The average Bonchev–Trinajstić information content (AvgIpc) is 2.15. The zero-order valence-corrected chi connectivity index (χ0v) is 10.9. The largest absolute Gasteiger partial charge is 0.285 e. The highest BCUT2D eigenvalue weighted by atomic mass is 32.2. The van der Waals surface area contributed by atoms with Gasteiger partial charge in [0.25, 0.3) is 10.1 Å². The van der Waals surface area contributed by atoms with Crippen molar-refractivity contribution in [2.45, 2.75) is 44.8 Å². The Morgan fingerprint density at radius 2 is 2.06 bits per heavy atom. The Morgan fingerprint density at radius 1 is 1.44 bits per heavy atom. The molecule has 0 radical (unpaired) electrons. The summed E-state index contributed by atoms with van der Waals surface area (Å²) in [5, 5.41) is -0.654. The lowest BCUT2D eigenvalue weighted by Gasteiger charge is -2.16. The van der Waals surface area contributed by atoms with Gasteiger partial charge >= 0.3 is 0 Å². The average molecular weight is 246 g/mol. The van der Waals surface area contributed by atoms with E-state index < -0.39 is 15.4 Å². The quantitative estimate of drug-likeness (QED) is 0.528. The molecular weight excluding hydrogens is 224 g/mol. The normalized spacial score (nSPS) is 16.2. The summed E-state index contributed by atoms with van der Waals surface area (Å²) in [7, 11) is -3.93. The minimum absolute atomic E-state index is 0.232. The lowest BCUT2D eigenvalue weighted by molar-refractivity contribution is 0.430. The predicted molar refractivity (Wildman–Crippen MR) is 68.0 cm³/mol. The van der Waals surface area contributed by atoms with Crippen LogP contribution < -0.4 is 0 Å². The molecule has 0 saturated heterocycles. The van der Waals surface area contributed by atoms with Crippen molar-refractivity contribution in [3.63, 3.8) is 0 Å². The molecule has 1 N–H and O–H groups in total. The van der Waals surface area contributed by atoms with E-state index in [4.69, 9.17) is 4.55 Å². The summed E-state index contributed by atoms with van der Waals surface area (Å²) < 4.78 is 31.5. The fourth-order valence-electron chi connectivity index (χ4n) is 1.67. The molecule has 16 heavy (non-hydrogen) atoms. The molecule has 0 spiro atoms. The number of hydrogen-bond donors (Lipinski definition) is 1. The Morgan fingerprint density at radius 3 is 2.50 bits per heavy atom. The molecule has 0 saturated carbocycles. The molecule has 0 amide bonds. The molecule has 4 heteroatoms. The fourth-order valence-corrected chi connectivity index (χ4v) is 2.67. The van der Waals surface area contributed by atoms with Crippen LogP contribution in [0.2, 0.25) is 0 Å². The molecule has 94 valence electrons. The van der Waals surface area contributed by atoms with Crippen LogP contribution in [0, 0.1) is 5.92 Å². The van der Waals surface area contributed by atoms with Gasteiger partial charge in [0, 0.05) is 0 Å². The first-order chi connectivity index (χ1) is 7.41. The summed E-state index contributed by atoms with van der Waals surface area (Å²) in [6.07, 6.45) is 7.99. The van der Waals surface area contributed by atoms with Gasteiger partial charge in [-0.1, -0.05) is 25.2 Å². The van der Waals surface area contributed by atoms with Crippen molar-refractivity contribution in [1.29, 1.82) is 0 Å². The maximum absolute atomic E-state index is 11.2. The maximum Gasteiger partial charge on any atom is 0.267 e. The van der Waals surface area contributed by atoms with E-state index in [2.05, 4.69) is 6.58 Å². The minimum Gasteiger partial charge on any atom is -0.285 e. The van der Waals surface area contributed by atoms with Gasteiger partial charge in [-0.05, 0) is 38.5 Å². The molecule has 0 aliphatic heterocycles. The molecule has 0 fully saturated rings. The maximum atomic E-state index is 11.2. The summed E-state index contributed by atoms with van der Waals surface area (Å²) in [4.78, 5) is 0. The Hall–Kier alpha value is -0.610. The van der Waals surface area contributed by atoms with Crippen LogP contribution in [0.25, 0.3) is 0 Å². The molecule has 0 bridgehead atoms. The van der Waals surface area contributed by atoms with Crippen molar-refractivity contribution in [1.82, 2.24) is 0 Å². The topological polar surface area (TPSA) is 54.4 Å². The first kappa shape index (κ1) is 15.4. The van der Waals surface area contributed by atoms with E-state index in [0.29, 0.717) is 19.3 Å². The SMILES string of the molecule is C=CCC(C)CC(CC/C=C/C)S(=O)(=O)O. The Kier molecular flexibility index (Phi) is 7.34. The zero-order chi connectivity index (χ0) is 12.6. The van der Waals surface area contributed by atoms with Crippen LogP contribution >= 0.6 is 0 Å². The molecule has 0 aromatic heterocycles. The highest BCUT2D eigenvalue weighted by Crippen LogP contribution is 2.20. The first-order valence-corrected chi connectivity index (χ1v) is 7.10. The van der Waals surface area contributed by atoms with Gasteiger partial charge in [0.1, 0.15) is 0 Å². The standard InChI is InChI=1S/C12H22O3S/c1-4-6-7-9-12(16(13,14)15)10-11(3)8-5-2/h4-6,11-12H,2,7-10H2,1,3H3,(H,13,14,15)/b6-4+. The minimum atomic E-state index is -3.93. The number of hydrogen-bond acceptors (Lipinski definition) is 2. The van der Waals surface area contributed by atoms with Crippen LogP contribution in [-0.4, -0.2) is 18.2 Å². The van der Waals surface area contributed by atoms with Crippen LogP contribution in [0.3, 0.4) is 0 Å². The third kappa shape index (κ3) is 6.80. The van der Waals surface area contributed by atoms with Gasteiger partial charge < -0.3 is 0 Å². The van der Waals surface area contributed by atoms with Gasteiger partial charge in [-0.25, -0.2) is 0 Å². The highest BCUT2D eigenvalue weighted by Gasteiger charge is 2.23. The molecule has 0 aromatic carbocycles. The summed E-state index contributed by atoms with van der Waals surface area (Å²) in [5.41, 5.74) is 0. The van der Waals surface area contributed by atoms with Crippen LogP contribution in [0.4, 0.5) is 0 Å². The van der Waals surface area contributed by atoms with Crippen molar-refractivity contribution >= 4 is 10.1 Å². The van der Waals surface area contributed by atoms with Gasteiger partial charge in [-0.3, -0.25) is 4.55 Å². The smallest absolute Gasteiger partial charge is 0.267 e. The molecule has 3 nitrogen and oxygen atoms in total. The van der Waals surface area contributed by atoms with Gasteiger partial charge in [-0.15, -0.1) is 6.58 Å². The van der Waals surface area contributed by atoms with Crippen LogP contribution in [0.15, 0.2) is 24.8 Å². The van der Waals surface area contributed by atoms with Crippen molar-refractivity contribution in [3.8, 4) is 0 Å². The summed E-state index contributed by atoms with van der Waals surface area (Å²) in [5.74, 6) is 0.232. The molecule has 0 aromatic rings. The van der Waals surface area contributed by atoms with E-state index in [9.17, 15) is 8.42 Å². The lowest BCUT2D eigenvalue weighted by Crippen LogP contribution is -2.22. The van der Waals surface area contributed by atoms with E-state index in [-0.39, 0.29) is 5.92 Å². The van der Waals surface area contributed by atoms with Gasteiger partial charge in [0.05, 0.1) is 5.25 Å². The molecule has 0 aliphatic rings. The molecule has 2 unspecified atom stereocenters. The van der Waals surface area contributed by atoms with Crippen molar-refractivity contribution in [3.05, 3.63) is 24.8 Å². The molecule has 0 heterocycles. The van der Waals surface area contributed by atoms with E-state index in [1.165, 1.54) is 0 Å². The van der Waals surface area contributed by atoms with E-state index in [0.717, 1.165) is 6.42 Å².